The van der Waals surface area contributed by atoms with Gasteiger partial charge in [0.25, 0.3) is 5.62 Å². The van der Waals surface area contributed by atoms with E-state index in [1.807, 2.05) is 0 Å². The maximum absolute atomic E-state index is 9.74. The van der Waals surface area contributed by atoms with Crippen LogP contribution >= 0.6 is 11.8 Å². The van der Waals surface area contributed by atoms with Gasteiger partial charge < -0.3 is 4.74 Å². The van der Waals surface area contributed by atoms with Crippen LogP contribution in [0.1, 0.15) is 12.8 Å². The van der Waals surface area contributed by atoms with E-state index in [4.69, 9.17) is 4.74 Å². The second-order valence-corrected chi connectivity index (χ2v) is 2.82. The van der Waals surface area contributed by atoms with Gasteiger partial charge in [-0.3, -0.25) is 4.79 Å². The molecule has 3 heteroatoms. The molecule has 0 aliphatic carbocycles. The van der Waals surface area contributed by atoms with Crippen LogP contribution in [0.2, 0.25) is 0 Å². The van der Waals surface area contributed by atoms with Crippen LogP contribution < -0.4 is 0 Å². The summed E-state index contributed by atoms with van der Waals surface area (Å²) in [7, 11) is 0. The molecule has 1 radical (unpaired) electrons. The highest BCUT2D eigenvalue weighted by atomic mass is 32.2. The van der Waals surface area contributed by atoms with Crippen molar-refractivity contribution in [3.05, 3.63) is 0 Å². The van der Waals surface area contributed by atoms with Gasteiger partial charge in [0.2, 0.25) is 0 Å². The first-order valence-electron chi connectivity index (χ1n) is 3.04. The molecule has 1 fully saturated rings. The molecular weight excluding hydrogens is 136 g/mol. The summed E-state index contributed by atoms with van der Waals surface area (Å²) in [5.74, 6) is 0.781. The Morgan fingerprint density at radius 3 is 3.22 bits per heavy atom. The van der Waals surface area contributed by atoms with Crippen molar-refractivity contribution in [1.29, 1.82) is 0 Å². The molecule has 1 aliphatic heterocycles. The van der Waals surface area contributed by atoms with Crippen LogP contribution in [0.4, 0.5) is 0 Å². The molecule has 0 saturated carbocycles. The van der Waals surface area contributed by atoms with Gasteiger partial charge in [0, 0.05) is 12.4 Å². The number of hydrogen-bond donors (Lipinski definition) is 0. The van der Waals surface area contributed by atoms with E-state index in [2.05, 4.69) is 0 Å². The topological polar surface area (TPSA) is 26.3 Å². The van der Waals surface area contributed by atoms with E-state index in [-0.39, 0.29) is 0 Å². The molecule has 1 atom stereocenters. The largest absolute Gasteiger partial charge is 0.377 e. The second kappa shape index (κ2) is 3.90. The number of rotatable bonds is 3. The van der Waals surface area contributed by atoms with Gasteiger partial charge in [-0.15, -0.1) is 0 Å². The van der Waals surface area contributed by atoms with Gasteiger partial charge in [0.1, 0.15) is 0 Å². The summed E-state index contributed by atoms with van der Waals surface area (Å²) in [6.45, 7) is 0.865. The Hall–Kier alpha value is -0.0200. The highest BCUT2D eigenvalue weighted by molar-refractivity contribution is 8.11. The Labute approximate surface area is 59.0 Å². The van der Waals surface area contributed by atoms with Crippen LogP contribution in [0.25, 0.3) is 0 Å². The van der Waals surface area contributed by atoms with Gasteiger partial charge in [0.05, 0.1) is 6.10 Å². The normalized spacial score (nSPS) is 26.4. The van der Waals surface area contributed by atoms with Gasteiger partial charge in [0.15, 0.2) is 0 Å². The first kappa shape index (κ1) is 7.09. The van der Waals surface area contributed by atoms with Gasteiger partial charge >= 0.3 is 0 Å². The molecule has 51 valence electrons. The minimum absolute atomic E-state index is 0.316. The van der Waals surface area contributed by atoms with Crippen molar-refractivity contribution < 1.29 is 9.53 Å². The fraction of sp³-hybridized carbons (Fsp3) is 0.833. The highest BCUT2D eigenvalue weighted by Crippen LogP contribution is 2.15. The maximum atomic E-state index is 9.74. The van der Waals surface area contributed by atoms with Crippen LogP contribution in [0, 0.1) is 0 Å². The molecule has 1 heterocycles. The smallest absolute Gasteiger partial charge is 0.266 e. The van der Waals surface area contributed by atoms with E-state index in [1.165, 1.54) is 11.8 Å². The first-order chi connectivity index (χ1) is 4.43. The molecule has 0 aromatic rings. The Bertz CT molecular complexity index is 89.1. The molecule has 2 nitrogen and oxygen atoms in total. The van der Waals surface area contributed by atoms with Gasteiger partial charge in [-0.25, -0.2) is 0 Å². The Kier molecular flexibility index (Phi) is 3.08. The number of thioether (sulfide) groups is 1. The minimum atomic E-state index is 0.316. The van der Waals surface area contributed by atoms with E-state index >= 15 is 0 Å². The number of hydrogen-bond acceptors (Lipinski definition) is 3. The molecule has 1 unspecified atom stereocenters. The van der Waals surface area contributed by atoms with Crippen molar-refractivity contribution in [2.45, 2.75) is 18.9 Å². The summed E-state index contributed by atoms with van der Waals surface area (Å²) in [5.41, 5.74) is 1.78. The van der Waals surface area contributed by atoms with Crippen molar-refractivity contribution in [1.82, 2.24) is 0 Å². The third kappa shape index (κ3) is 2.37. The Balaban J connectivity index is 2.04. The van der Waals surface area contributed by atoms with E-state index in [0.29, 0.717) is 6.10 Å². The molecule has 9 heavy (non-hydrogen) atoms. The summed E-state index contributed by atoms with van der Waals surface area (Å²) in [4.78, 5) is 9.74. The van der Waals surface area contributed by atoms with Crippen molar-refractivity contribution in [2.24, 2.45) is 0 Å². The molecule has 1 aliphatic rings. The van der Waals surface area contributed by atoms with Gasteiger partial charge in [-0.1, -0.05) is 11.8 Å². The fourth-order valence-electron chi connectivity index (χ4n) is 0.903. The lowest BCUT2D eigenvalue weighted by Crippen LogP contribution is -2.07. The predicted octanol–water partition coefficient (Wildman–Crippen LogP) is 0.966. The summed E-state index contributed by atoms with van der Waals surface area (Å²) < 4.78 is 5.26. The zero-order valence-electron chi connectivity index (χ0n) is 5.13. The summed E-state index contributed by atoms with van der Waals surface area (Å²) in [6.07, 6.45) is 2.56. The zero-order chi connectivity index (χ0) is 6.53. The minimum Gasteiger partial charge on any atom is -0.377 e. The average molecular weight is 145 g/mol. The average Bonchev–Trinajstić information content (AvgIpc) is 2.34. The monoisotopic (exact) mass is 145 g/mol. The molecule has 0 amide bonds. The third-order valence-corrected chi connectivity index (χ3v) is 2.01. The molecule has 0 bridgehead atoms. The standard InChI is InChI=1S/C6H9O2S/c7-5-9-4-6-2-1-3-8-6/h6H,1-4H2. The molecule has 1 rings (SSSR count). The summed E-state index contributed by atoms with van der Waals surface area (Å²) in [5, 5.41) is 0. The SMILES string of the molecule is O=[C]SCC1CCCO1. The lowest BCUT2D eigenvalue weighted by Gasteiger charge is -2.03. The van der Waals surface area contributed by atoms with Crippen molar-refractivity contribution >= 4 is 17.4 Å². The number of carbonyl (C=O) groups excluding carboxylic acids is 1. The van der Waals surface area contributed by atoms with Gasteiger partial charge in [-0.05, 0) is 12.8 Å². The Morgan fingerprint density at radius 2 is 2.67 bits per heavy atom. The van der Waals surface area contributed by atoms with Crippen molar-refractivity contribution in [3.63, 3.8) is 0 Å². The second-order valence-electron chi connectivity index (χ2n) is 2.03. The van der Waals surface area contributed by atoms with E-state index in [9.17, 15) is 4.79 Å². The molecular formula is C6H9O2S. The van der Waals surface area contributed by atoms with E-state index < -0.39 is 0 Å². The van der Waals surface area contributed by atoms with Gasteiger partial charge in [-0.2, -0.15) is 0 Å². The third-order valence-electron chi connectivity index (χ3n) is 1.35. The van der Waals surface area contributed by atoms with Crippen molar-refractivity contribution in [2.75, 3.05) is 12.4 Å². The number of ether oxygens (including phenoxy) is 1. The van der Waals surface area contributed by atoms with Crippen LogP contribution in [-0.2, 0) is 9.53 Å². The lowest BCUT2D eigenvalue weighted by molar-refractivity contribution is 0.129. The van der Waals surface area contributed by atoms with Crippen molar-refractivity contribution in [3.8, 4) is 0 Å². The lowest BCUT2D eigenvalue weighted by atomic mass is 10.3. The van der Waals surface area contributed by atoms with Crippen LogP contribution in [-0.4, -0.2) is 24.1 Å². The molecule has 0 N–H and O–H groups in total. The first-order valence-corrected chi connectivity index (χ1v) is 4.02. The van der Waals surface area contributed by atoms with E-state index in [0.717, 1.165) is 25.2 Å². The highest BCUT2D eigenvalue weighted by Gasteiger charge is 2.14. The van der Waals surface area contributed by atoms with E-state index in [1.54, 1.807) is 5.62 Å². The molecule has 0 aromatic carbocycles. The zero-order valence-corrected chi connectivity index (χ0v) is 5.95. The fourth-order valence-corrected chi connectivity index (χ4v) is 1.42. The molecule has 0 spiro atoms. The quantitative estimate of drug-likeness (QED) is 0.592. The maximum Gasteiger partial charge on any atom is 0.266 e. The van der Waals surface area contributed by atoms with Crippen LogP contribution in [0.5, 0.6) is 0 Å². The Morgan fingerprint density at radius 1 is 1.78 bits per heavy atom. The molecule has 1 saturated heterocycles. The van der Waals surface area contributed by atoms with Crippen LogP contribution in [0.15, 0.2) is 0 Å². The summed E-state index contributed by atoms with van der Waals surface area (Å²) in [6, 6.07) is 0. The summed E-state index contributed by atoms with van der Waals surface area (Å²) >= 11 is 1.17. The predicted molar refractivity (Wildman–Crippen MR) is 37.1 cm³/mol. The molecule has 0 aromatic heterocycles. The van der Waals surface area contributed by atoms with Crippen LogP contribution in [0.3, 0.4) is 0 Å².